The van der Waals surface area contributed by atoms with Crippen LogP contribution in [0, 0.1) is 11.6 Å². The summed E-state index contributed by atoms with van der Waals surface area (Å²) in [6, 6.07) is 9.14. The maximum Gasteiger partial charge on any atom is 0.266 e. The van der Waals surface area contributed by atoms with Crippen LogP contribution in [0.15, 0.2) is 57.8 Å². The van der Waals surface area contributed by atoms with Gasteiger partial charge in [-0.15, -0.1) is 0 Å². The summed E-state index contributed by atoms with van der Waals surface area (Å²) in [5, 5.41) is 4.09. The second-order valence-corrected chi connectivity index (χ2v) is 12.5. The second kappa shape index (κ2) is 11.3. The molecule has 2 aromatic heterocycles. The first-order valence-electron chi connectivity index (χ1n) is 12.1. The predicted octanol–water partition coefficient (Wildman–Crippen LogP) is 5.31. The molecule has 0 saturated carbocycles. The minimum atomic E-state index is -3.92. The first kappa shape index (κ1) is 29.9. The van der Waals surface area contributed by atoms with E-state index in [2.05, 4.69) is 30.7 Å². The minimum absolute atomic E-state index is 0.0257. The van der Waals surface area contributed by atoms with E-state index in [0.717, 1.165) is 27.6 Å². The quantitative estimate of drug-likeness (QED) is 0.213. The molecule has 0 aliphatic rings. The van der Waals surface area contributed by atoms with Gasteiger partial charge in [-0.1, -0.05) is 27.5 Å². The number of nitrogens with zero attached hydrogens (tertiary/aromatic N) is 4. The number of nitrogens with one attached hydrogen (secondary N) is 1. The van der Waals surface area contributed by atoms with E-state index in [9.17, 15) is 30.8 Å². The summed E-state index contributed by atoms with van der Waals surface area (Å²) in [5.41, 5.74) is 6.16. The van der Waals surface area contributed by atoms with Gasteiger partial charge in [0.15, 0.2) is 5.82 Å². The summed E-state index contributed by atoms with van der Waals surface area (Å²) in [6.07, 6.45) is -2.22. The fourth-order valence-electron chi connectivity index (χ4n) is 4.68. The number of anilines is 1. The van der Waals surface area contributed by atoms with Crippen molar-refractivity contribution in [2.75, 3.05) is 11.0 Å². The molecule has 3 aromatic carbocycles. The summed E-state index contributed by atoms with van der Waals surface area (Å²) >= 11 is 9.75. The Hall–Kier alpha value is -3.53. The molecule has 220 valence electrons. The largest absolute Gasteiger partial charge is 0.321 e. The lowest BCUT2D eigenvalue weighted by Gasteiger charge is -2.20. The first-order chi connectivity index (χ1) is 19.7. The molecule has 0 spiro atoms. The van der Waals surface area contributed by atoms with Gasteiger partial charge in [0, 0.05) is 10.5 Å². The number of alkyl halides is 2. The highest BCUT2D eigenvalue weighted by Gasteiger charge is 2.26. The van der Waals surface area contributed by atoms with Gasteiger partial charge in [-0.2, -0.15) is 5.10 Å². The minimum Gasteiger partial charge on any atom is -0.321 e. The van der Waals surface area contributed by atoms with Gasteiger partial charge in [0.05, 0.1) is 44.8 Å². The van der Waals surface area contributed by atoms with Crippen LogP contribution in [0.2, 0.25) is 5.02 Å². The topological polar surface area (TPSA) is 125 Å². The molecule has 5 rings (SSSR count). The Morgan fingerprint density at radius 3 is 2.43 bits per heavy atom. The second-order valence-electron chi connectivity index (χ2n) is 9.45. The molecule has 0 aliphatic heterocycles. The molecule has 16 heteroatoms. The maximum absolute atomic E-state index is 14.0. The van der Waals surface area contributed by atoms with Crippen LogP contribution in [0.4, 0.5) is 23.4 Å². The van der Waals surface area contributed by atoms with Gasteiger partial charge >= 0.3 is 0 Å². The van der Waals surface area contributed by atoms with Crippen LogP contribution in [0.25, 0.3) is 27.5 Å². The van der Waals surface area contributed by atoms with Crippen molar-refractivity contribution in [3.63, 3.8) is 0 Å². The van der Waals surface area contributed by atoms with E-state index in [4.69, 9.17) is 17.3 Å². The molecule has 0 radical (unpaired) electrons. The number of hydrogen-bond donors (Lipinski definition) is 2. The monoisotopic (exact) mass is 686 g/mol. The van der Waals surface area contributed by atoms with E-state index in [1.54, 1.807) is 12.1 Å². The van der Waals surface area contributed by atoms with Gasteiger partial charge in [-0.3, -0.25) is 18.8 Å². The van der Waals surface area contributed by atoms with E-state index in [1.165, 1.54) is 18.2 Å². The van der Waals surface area contributed by atoms with Crippen LogP contribution in [-0.2, 0) is 23.0 Å². The lowest BCUT2D eigenvalue weighted by Crippen LogP contribution is -2.30. The van der Waals surface area contributed by atoms with Gasteiger partial charge in [0.25, 0.3) is 12.0 Å². The van der Waals surface area contributed by atoms with Crippen LogP contribution in [0.5, 0.6) is 0 Å². The molecule has 0 fully saturated rings. The van der Waals surface area contributed by atoms with Crippen molar-refractivity contribution >= 4 is 65.2 Å². The SMILES string of the molecule is CS(=O)(=O)Nc1nn(CC(F)F)c2c(-n3c([C@H](N)Cc4cc(F)cc(F)c4)nc4cc(Br)ccc4c3=O)ccc(Cl)c12. The summed E-state index contributed by atoms with van der Waals surface area (Å²) in [7, 11) is -3.92. The maximum atomic E-state index is 14.0. The Labute approximate surface area is 249 Å². The third-order valence-corrected chi connectivity index (χ3v) is 7.59. The number of sulfonamides is 1. The summed E-state index contributed by atoms with van der Waals surface area (Å²) in [6.45, 7) is -0.970. The number of halogens is 6. The molecule has 9 nitrogen and oxygen atoms in total. The molecular weight excluding hydrogens is 668 g/mol. The Bertz CT molecular complexity index is 2020. The zero-order valence-electron chi connectivity index (χ0n) is 21.5. The average molecular weight is 688 g/mol. The van der Waals surface area contributed by atoms with Crippen molar-refractivity contribution in [3.8, 4) is 5.69 Å². The molecule has 0 unspecified atom stereocenters. The van der Waals surface area contributed by atoms with Crippen molar-refractivity contribution in [2.24, 2.45) is 5.73 Å². The van der Waals surface area contributed by atoms with Crippen molar-refractivity contribution in [1.29, 1.82) is 0 Å². The smallest absolute Gasteiger partial charge is 0.266 e. The van der Waals surface area contributed by atoms with Crippen LogP contribution in [0.1, 0.15) is 17.4 Å². The van der Waals surface area contributed by atoms with Crippen LogP contribution in [0.3, 0.4) is 0 Å². The van der Waals surface area contributed by atoms with E-state index >= 15 is 0 Å². The van der Waals surface area contributed by atoms with Gasteiger partial charge < -0.3 is 5.73 Å². The molecular formula is C26H20BrClF4N6O3S. The number of fused-ring (bicyclic) bond motifs is 2. The summed E-state index contributed by atoms with van der Waals surface area (Å²) in [5.74, 6) is -2.05. The predicted molar refractivity (Wildman–Crippen MR) is 155 cm³/mol. The van der Waals surface area contributed by atoms with Crippen molar-refractivity contribution in [3.05, 3.63) is 91.4 Å². The molecule has 0 saturated heterocycles. The van der Waals surface area contributed by atoms with Crippen LogP contribution >= 0.6 is 27.5 Å². The number of hydrogen-bond acceptors (Lipinski definition) is 6. The van der Waals surface area contributed by atoms with E-state index < -0.39 is 46.2 Å². The molecule has 2 heterocycles. The highest BCUT2D eigenvalue weighted by molar-refractivity contribution is 9.10. The fourth-order valence-corrected chi connectivity index (χ4v) is 5.77. The first-order valence-corrected chi connectivity index (χ1v) is 15.2. The molecule has 0 bridgehead atoms. The molecule has 0 amide bonds. The number of rotatable bonds is 8. The van der Waals surface area contributed by atoms with Crippen LogP contribution < -0.4 is 16.0 Å². The zero-order valence-corrected chi connectivity index (χ0v) is 24.6. The third-order valence-electron chi connectivity index (χ3n) is 6.22. The molecule has 3 N–H and O–H groups in total. The highest BCUT2D eigenvalue weighted by Crippen LogP contribution is 2.36. The van der Waals surface area contributed by atoms with Gasteiger partial charge in [0.2, 0.25) is 10.0 Å². The lowest BCUT2D eigenvalue weighted by molar-refractivity contribution is 0.123. The van der Waals surface area contributed by atoms with Gasteiger partial charge in [-0.05, 0) is 54.4 Å². The third kappa shape index (κ3) is 6.00. The fraction of sp³-hybridized carbons (Fsp3) is 0.192. The lowest BCUT2D eigenvalue weighted by atomic mass is 10.0. The van der Waals surface area contributed by atoms with Crippen molar-refractivity contribution in [2.45, 2.75) is 25.4 Å². The Kier molecular flexibility index (Phi) is 8.04. The summed E-state index contributed by atoms with van der Waals surface area (Å²) in [4.78, 5) is 18.6. The molecule has 0 aliphatic carbocycles. The van der Waals surface area contributed by atoms with E-state index in [0.29, 0.717) is 10.5 Å². The average Bonchev–Trinajstić information content (AvgIpc) is 3.20. The standard InChI is InChI=1S/C26H20BrClF4N6O3S/c1-42(40,41)36-24-22-17(28)4-5-20(23(22)37(35-24)11-21(31)32)38-25(18(33)8-12-6-14(29)10-15(30)7-12)34-19-9-13(27)2-3-16(19)26(38)39/h2-7,9-10,18,21H,8,11,33H2,1H3,(H,35,36)/t18-/m1/s1. The molecule has 42 heavy (non-hydrogen) atoms. The highest BCUT2D eigenvalue weighted by atomic mass is 79.9. The number of nitrogens with two attached hydrogens (primary N) is 1. The van der Waals surface area contributed by atoms with E-state index in [-0.39, 0.29) is 56.1 Å². The van der Waals surface area contributed by atoms with Gasteiger partial charge in [-0.25, -0.2) is 31.0 Å². The molecule has 1 atom stereocenters. The normalized spacial score (nSPS) is 12.9. The Balaban J connectivity index is 1.84. The molecule has 5 aromatic rings. The Morgan fingerprint density at radius 2 is 1.79 bits per heavy atom. The van der Waals surface area contributed by atoms with Crippen molar-refractivity contribution in [1.82, 2.24) is 19.3 Å². The van der Waals surface area contributed by atoms with E-state index in [1.807, 2.05) is 0 Å². The zero-order chi connectivity index (χ0) is 30.5. The summed E-state index contributed by atoms with van der Waals surface area (Å²) < 4.78 is 84.0. The van der Waals surface area contributed by atoms with Crippen molar-refractivity contribution < 1.29 is 26.0 Å². The Morgan fingerprint density at radius 1 is 1.10 bits per heavy atom. The number of benzene rings is 3. The van der Waals surface area contributed by atoms with Crippen LogP contribution in [-0.4, -0.2) is 40.4 Å². The van der Waals surface area contributed by atoms with Gasteiger partial charge in [0.1, 0.15) is 24.0 Å². The number of aromatic nitrogens is 4.